The number of hydrogen-bond acceptors (Lipinski definition) is 8. The van der Waals surface area contributed by atoms with Gasteiger partial charge in [-0.25, -0.2) is 4.79 Å². The van der Waals surface area contributed by atoms with Gasteiger partial charge >= 0.3 is 17.8 Å². The quantitative estimate of drug-likeness (QED) is 0.455. The van der Waals surface area contributed by atoms with E-state index in [1.165, 1.54) is 12.3 Å². The van der Waals surface area contributed by atoms with E-state index in [0.29, 0.717) is 0 Å². The monoisotopic (exact) mass is 359 g/mol. The molecule has 0 saturated carbocycles. The Balaban J connectivity index is 2.51. The summed E-state index contributed by atoms with van der Waals surface area (Å²) in [4.78, 5) is 38.9. The minimum atomic E-state index is -5.03. The summed E-state index contributed by atoms with van der Waals surface area (Å²) in [6.07, 6.45) is -2.78. The normalized spacial score (nSPS) is 11.2. The van der Waals surface area contributed by atoms with Crippen LogP contribution in [0.2, 0.25) is 0 Å². The van der Waals surface area contributed by atoms with Crippen LogP contribution in [0.5, 0.6) is 0 Å². The maximum Gasteiger partial charge on any atom is 0.442 e. The van der Waals surface area contributed by atoms with Crippen molar-refractivity contribution >= 4 is 11.7 Å². The van der Waals surface area contributed by atoms with Crippen LogP contribution in [0.25, 0.3) is 0 Å². The summed E-state index contributed by atoms with van der Waals surface area (Å²) in [5.41, 5.74) is -3.35. The molecule has 0 fully saturated rings. The van der Waals surface area contributed by atoms with E-state index in [1.54, 1.807) is 0 Å². The van der Waals surface area contributed by atoms with Crippen LogP contribution in [-0.4, -0.2) is 25.7 Å². The molecule has 0 aliphatic rings. The van der Waals surface area contributed by atoms with Gasteiger partial charge in [0.05, 0.1) is 17.0 Å². The molecule has 132 valence electrons. The molecule has 0 atom stereocenters. The van der Waals surface area contributed by atoms with E-state index in [2.05, 4.69) is 14.9 Å². The molecule has 0 unspecified atom stereocenters. The number of carbonyl (C=O) groups excluding carboxylic acids is 1. The van der Waals surface area contributed by atoms with Crippen molar-refractivity contribution in [1.82, 2.24) is 14.8 Å². The van der Waals surface area contributed by atoms with Crippen LogP contribution >= 0.6 is 0 Å². The van der Waals surface area contributed by atoms with E-state index in [4.69, 9.17) is 0 Å². The van der Waals surface area contributed by atoms with Gasteiger partial charge in [-0.1, -0.05) is 0 Å². The maximum atomic E-state index is 12.9. The molecular weight excluding hydrogens is 351 g/mol. The number of nitro groups is 1. The molecule has 2 rings (SSSR count). The first-order valence-corrected chi connectivity index (χ1v) is 6.42. The zero-order valence-corrected chi connectivity index (χ0v) is 12.4. The molecule has 0 amide bonds. The number of halogens is 3. The van der Waals surface area contributed by atoms with Crippen LogP contribution in [0.15, 0.2) is 23.8 Å². The highest BCUT2D eigenvalue weighted by molar-refractivity contribution is 5.90. The summed E-state index contributed by atoms with van der Waals surface area (Å²) >= 11 is 0. The fraction of sp³-hybridized carbons (Fsp3) is 0.250. The van der Waals surface area contributed by atoms with Gasteiger partial charge in [-0.05, 0) is 18.6 Å². The molecule has 0 aliphatic heterocycles. The second-order valence-electron chi connectivity index (χ2n) is 4.68. The van der Waals surface area contributed by atoms with E-state index in [-0.39, 0.29) is 16.8 Å². The molecule has 10 nitrogen and oxygen atoms in total. The number of hydrogen-bond donors (Lipinski definition) is 0. The van der Waals surface area contributed by atoms with Crippen LogP contribution in [0.1, 0.15) is 27.3 Å². The van der Waals surface area contributed by atoms with Crippen LogP contribution in [0.3, 0.4) is 0 Å². The molecule has 25 heavy (non-hydrogen) atoms. The average molecular weight is 359 g/mol. The summed E-state index contributed by atoms with van der Waals surface area (Å²) in [5, 5.41) is 16.1. The molecule has 2 aromatic rings. The minimum absolute atomic E-state index is 0.0814. The lowest BCUT2D eigenvalue weighted by atomic mass is 10.1. The summed E-state index contributed by atoms with van der Waals surface area (Å²) in [7, 11) is 0. The summed E-state index contributed by atoms with van der Waals surface area (Å²) in [5.74, 6) is -1.17. The SMILES string of the molecule is Cc1c([N+](=O)[O-])c(C(F)(F)F)nn1Cc1ccncc1C(=O)ON=O. The van der Waals surface area contributed by atoms with E-state index in [9.17, 15) is 33.0 Å². The molecular formula is C12H8F3N5O5. The zero-order chi connectivity index (χ0) is 18.8. The lowest BCUT2D eigenvalue weighted by Gasteiger charge is -2.07. The number of rotatable bonds is 5. The number of aromatic nitrogens is 3. The largest absolute Gasteiger partial charge is 0.442 e. The van der Waals surface area contributed by atoms with Gasteiger partial charge in [0.1, 0.15) is 5.69 Å². The van der Waals surface area contributed by atoms with Crippen molar-refractivity contribution in [2.24, 2.45) is 5.34 Å². The van der Waals surface area contributed by atoms with Gasteiger partial charge in [0.15, 0.2) is 5.34 Å². The second-order valence-corrected chi connectivity index (χ2v) is 4.68. The first-order valence-electron chi connectivity index (χ1n) is 6.42. The van der Waals surface area contributed by atoms with Crippen molar-refractivity contribution in [3.05, 3.63) is 56.0 Å². The predicted octanol–water partition coefficient (Wildman–Crippen LogP) is 2.40. The van der Waals surface area contributed by atoms with Crippen molar-refractivity contribution in [3.8, 4) is 0 Å². The molecule has 0 N–H and O–H groups in total. The fourth-order valence-electron chi connectivity index (χ4n) is 2.09. The van der Waals surface area contributed by atoms with Gasteiger partial charge in [0, 0.05) is 12.4 Å². The molecule has 0 saturated heterocycles. The van der Waals surface area contributed by atoms with Crippen LogP contribution in [-0.2, 0) is 17.6 Å². The van der Waals surface area contributed by atoms with E-state index in [0.717, 1.165) is 17.8 Å². The highest BCUT2D eigenvalue weighted by Crippen LogP contribution is 2.37. The highest BCUT2D eigenvalue weighted by Gasteiger charge is 2.44. The third kappa shape index (κ3) is 3.59. The molecule has 0 spiro atoms. The Morgan fingerprint density at radius 3 is 2.68 bits per heavy atom. The maximum absolute atomic E-state index is 12.9. The molecule has 0 aliphatic carbocycles. The second kappa shape index (κ2) is 6.62. The van der Waals surface area contributed by atoms with Gasteiger partial charge in [-0.3, -0.25) is 24.6 Å². The lowest BCUT2D eigenvalue weighted by Crippen LogP contribution is -2.12. The number of alkyl halides is 3. The van der Waals surface area contributed by atoms with Crippen molar-refractivity contribution in [2.45, 2.75) is 19.6 Å². The van der Waals surface area contributed by atoms with Gasteiger partial charge in [-0.15, -0.1) is 4.91 Å². The van der Waals surface area contributed by atoms with Crippen LogP contribution < -0.4 is 0 Å². The third-order valence-corrected chi connectivity index (χ3v) is 3.20. The smallest absolute Gasteiger partial charge is 0.279 e. The first-order chi connectivity index (χ1) is 11.7. The topological polar surface area (TPSA) is 130 Å². The van der Waals surface area contributed by atoms with Crippen molar-refractivity contribution < 1.29 is 27.7 Å². The molecule has 2 aromatic heterocycles. The van der Waals surface area contributed by atoms with Crippen LogP contribution in [0.4, 0.5) is 18.9 Å². The first kappa shape index (κ1) is 18.0. The molecule has 0 bridgehead atoms. The Bertz CT molecular complexity index is 848. The van der Waals surface area contributed by atoms with Gasteiger partial charge in [-0.2, -0.15) is 18.3 Å². The Morgan fingerprint density at radius 2 is 2.16 bits per heavy atom. The zero-order valence-electron chi connectivity index (χ0n) is 12.4. The van der Waals surface area contributed by atoms with E-state index < -0.39 is 35.0 Å². The summed E-state index contributed by atoms with van der Waals surface area (Å²) < 4.78 is 39.5. The molecule has 2 heterocycles. The number of nitrogens with zero attached hydrogens (tertiary/aromatic N) is 5. The van der Waals surface area contributed by atoms with Gasteiger partial charge < -0.3 is 0 Å². The van der Waals surface area contributed by atoms with E-state index >= 15 is 0 Å². The summed E-state index contributed by atoms with van der Waals surface area (Å²) in [6.45, 7) is 0.668. The Hall–Kier alpha value is -3.38. The van der Waals surface area contributed by atoms with Crippen LogP contribution in [0, 0.1) is 21.9 Å². The predicted molar refractivity (Wildman–Crippen MR) is 73.2 cm³/mol. The number of pyridine rings is 1. The Labute approximate surface area is 136 Å². The lowest BCUT2D eigenvalue weighted by molar-refractivity contribution is -0.388. The van der Waals surface area contributed by atoms with Crippen molar-refractivity contribution in [1.29, 1.82) is 0 Å². The third-order valence-electron chi connectivity index (χ3n) is 3.20. The molecule has 0 radical (unpaired) electrons. The van der Waals surface area contributed by atoms with Gasteiger partial charge in [0.2, 0.25) is 5.69 Å². The average Bonchev–Trinajstić information content (AvgIpc) is 2.85. The Morgan fingerprint density at radius 1 is 1.48 bits per heavy atom. The molecule has 13 heteroatoms. The van der Waals surface area contributed by atoms with Crippen molar-refractivity contribution in [2.75, 3.05) is 0 Å². The highest BCUT2D eigenvalue weighted by atomic mass is 19.4. The fourth-order valence-corrected chi connectivity index (χ4v) is 2.09. The van der Waals surface area contributed by atoms with E-state index in [1.807, 2.05) is 5.34 Å². The van der Waals surface area contributed by atoms with Gasteiger partial charge in [0.25, 0.3) is 0 Å². The summed E-state index contributed by atoms with van der Waals surface area (Å²) in [6, 6.07) is 1.27. The number of carbonyl (C=O) groups is 1. The Kier molecular flexibility index (Phi) is 4.76. The standard InChI is InChI=1S/C12H8F3N5O5/c1-6-9(20(23)24)10(12(13,14)15)17-19(6)5-7-2-3-16-4-8(7)11(21)25-18-22/h2-4H,5H2,1H3. The molecule has 0 aromatic carbocycles. The minimum Gasteiger partial charge on any atom is -0.279 e. The van der Waals surface area contributed by atoms with Crippen molar-refractivity contribution in [3.63, 3.8) is 0 Å².